The molecule has 0 fully saturated rings. The maximum absolute atomic E-state index is 14.9. The average molecular weight is 464 g/mol. The van der Waals surface area contributed by atoms with Gasteiger partial charge < -0.3 is 9.64 Å². The zero-order valence-electron chi connectivity index (χ0n) is 19.5. The summed E-state index contributed by atoms with van der Waals surface area (Å²) >= 11 is 0. The summed E-state index contributed by atoms with van der Waals surface area (Å²) in [6.07, 6.45) is 6.76. The molecule has 6 nitrogen and oxygen atoms in total. The second kappa shape index (κ2) is 9.99. The van der Waals surface area contributed by atoms with Crippen molar-refractivity contribution >= 4 is 24.2 Å². The van der Waals surface area contributed by atoms with Crippen molar-refractivity contribution in [3.63, 3.8) is 0 Å². The number of aryl methyl sites for hydroxylation is 1. The summed E-state index contributed by atoms with van der Waals surface area (Å²) in [6.45, 7) is 6.27. The molecule has 3 aromatic rings. The van der Waals surface area contributed by atoms with Crippen LogP contribution in [0.2, 0.25) is 0 Å². The molecule has 0 spiro atoms. The third kappa shape index (κ3) is 5.06. The van der Waals surface area contributed by atoms with Crippen molar-refractivity contribution in [3.8, 4) is 5.75 Å². The van der Waals surface area contributed by atoms with Crippen LogP contribution < -0.4 is 9.64 Å². The van der Waals surface area contributed by atoms with Crippen molar-refractivity contribution in [1.82, 2.24) is 14.8 Å². The van der Waals surface area contributed by atoms with E-state index in [-0.39, 0.29) is 11.7 Å². The molecule has 0 N–H and O–H groups in total. The van der Waals surface area contributed by atoms with Gasteiger partial charge in [0.05, 0.1) is 19.1 Å². The van der Waals surface area contributed by atoms with Gasteiger partial charge in [0.1, 0.15) is 23.2 Å². The summed E-state index contributed by atoms with van der Waals surface area (Å²) < 4.78 is 35.6. The zero-order chi connectivity index (χ0) is 24.2. The molecule has 0 saturated heterocycles. The summed E-state index contributed by atoms with van der Waals surface area (Å²) in [5, 5.41) is 4.58. The van der Waals surface area contributed by atoms with Crippen LogP contribution in [0.1, 0.15) is 48.5 Å². The number of anilines is 1. The molecular formula is C26H27F2N5O. The molecule has 34 heavy (non-hydrogen) atoms. The minimum Gasteiger partial charge on any atom is -0.495 e. The largest absolute Gasteiger partial charge is 0.495 e. The average Bonchev–Trinajstić information content (AvgIpc) is 3.25. The van der Waals surface area contributed by atoms with Crippen molar-refractivity contribution in [2.24, 2.45) is 4.99 Å². The first kappa shape index (κ1) is 23.4. The molecule has 1 atom stereocenters. The molecular weight excluding hydrogens is 436 g/mol. The van der Waals surface area contributed by atoms with Gasteiger partial charge in [0, 0.05) is 36.8 Å². The Morgan fingerprint density at radius 2 is 2.00 bits per heavy atom. The van der Waals surface area contributed by atoms with Gasteiger partial charge in [-0.05, 0) is 55.7 Å². The molecule has 0 radical (unpaired) electrons. The molecule has 4 rings (SSSR count). The standard InChI is InChI=1S/C26H27F2N5O/c1-17(2)29-16-32(3)23-15-22(28)19(14-24(23)34-4)9-12-25-30-26-21(6-5-13-33(26)31-25)18-7-10-20(27)11-8-18/h7-12,14-16,21H,1,5-6,13H2,2-4H3/b12-9+,29-16?. The highest BCUT2D eigenvalue weighted by molar-refractivity contribution is 5.83. The maximum Gasteiger partial charge on any atom is 0.174 e. The van der Waals surface area contributed by atoms with Crippen LogP contribution >= 0.6 is 0 Å². The number of nitrogens with zero attached hydrogens (tertiary/aromatic N) is 5. The van der Waals surface area contributed by atoms with Crippen LogP contribution in [0.25, 0.3) is 12.2 Å². The Hall–Kier alpha value is -3.81. The first-order chi connectivity index (χ1) is 16.4. The van der Waals surface area contributed by atoms with Gasteiger partial charge in [-0.25, -0.2) is 23.4 Å². The summed E-state index contributed by atoms with van der Waals surface area (Å²) in [5.74, 6) is 1.22. The van der Waals surface area contributed by atoms with Crippen LogP contribution in [0.4, 0.5) is 14.5 Å². The Bertz CT molecular complexity index is 1250. The minimum absolute atomic E-state index is 0.0523. The van der Waals surface area contributed by atoms with Crippen molar-refractivity contribution < 1.29 is 13.5 Å². The van der Waals surface area contributed by atoms with E-state index in [0.29, 0.717) is 28.5 Å². The smallest absolute Gasteiger partial charge is 0.174 e. The van der Waals surface area contributed by atoms with Crippen LogP contribution in [0.5, 0.6) is 5.75 Å². The van der Waals surface area contributed by atoms with Gasteiger partial charge in [-0.2, -0.15) is 5.10 Å². The van der Waals surface area contributed by atoms with E-state index in [2.05, 4.69) is 21.7 Å². The molecule has 176 valence electrons. The van der Waals surface area contributed by atoms with E-state index in [1.54, 1.807) is 55.6 Å². The number of fused-ring (bicyclic) bond motifs is 1. The van der Waals surface area contributed by atoms with Crippen molar-refractivity contribution in [2.75, 3.05) is 19.1 Å². The number of halogens is 2. The monoisotopic (exact) mass is 463 g/mol. The number of ether oxygens (including phenoxy) is 1. The van der Waals surface area contributed by atoms with Crippen LogP contribution in [0, 0.1) is 11.6 Å². The molecule has 1 aliphatic heterocycles. The number of methoxy groups -OCH3 is 1. The molecule has 1 aliphatic rings. The van der Waals surface area contributed by atoms with E-state index in [0.717, 1.165) is 30.8 Å². The maximum atomic E-state index is 14.9. The molecule has 2 aromatic carbocycles. The first-order valence-electron chi connectivity index (χ1n) is 11.0. The fourth-order valence-corrected chi connectivity index (χ4v) is 3.99. The number of aliphatic imine (C=N–C) groups is 1. The van der Waals surface area contributed by atoms with Crippen LogP contribution in [-0.4, -0.2) is 35.3 Å². The fourth-order valence-electron chi connectivity index (χ4n) is 3.99. The fraction of sp³-hybridized carbons (Fsp3) is 0.269. The van der Waals surface area contributed by atoms with Crippen LogP contribution in [0.3, 0.4) is 0 Å². The highest BCUT2D eigenvalue weighted by Crippen LogP contribution is 2.33. The van der Waals surface area contributed by atoms with Crippen molar-refractivity contribution in [2.45, 2.75) is 32.2 Å². The van der Waals surface area contributed by atoms with Gasteiger partial charge in [-0.1, -0.05) is 18.7 Å². The van der Waals surface area contributed by atoms with E-state index in [1.165, 1.54) is 25.3 Å². The number of benzene rings is 2. The van der Waals surface area contributed by atoms with Gasteiger partial charge in [0.2, 0.25) is 0 Å². The van der Waals surface area contributed by atoms with E-state index in [9.17, 15) is 8.78 Å². The lowest BCUT2D eigenvalue weighted by atomic mass is 9.91. The number of rotatable bonds is 7. The molecule has 1 aromatic heterocycles. The van der Waals surface area contributed by atoms with Gasteiger partial charge in [-0.3, -0.25) is 0 Å². The second-order valence-corrected chi connectivity index (χ2v) is 8.27. The predicted molar refractivity (Wildman–Crippen MR) is 131 cm³/mol. The Morgan fingerprint density at radius 1 is 1.24 bits per heavy atom. The van der Waals surface area contributed by atoms with Crippen LogP contribution in [-0.2, 0) is 6.54 Å². The Balaban J connectivity index is 1.59. The molecule has 0 bridgehead atoms. The lowest BCUT2D eigenvalue weighted by Gasteiger charge is -2.22. The summed E-state index contributed by atoms with van der Waals surface area (Å²) in [7, 11) is 3.30. The molecule has 0 amide bonds. The summed E-state index contributed by atoms with van der Waals surface area (Å²) in [5.41, 5.74) is 2.55. The molecule has 0 saturated carbocycles. The lowest BCUT2D eigenvalue weighted by molar-refractivity contribution is 0.414. The summed E-state index contributed by atoms with van der Waals surface area (Å²) in [4.78, 5) is 10.5. The van der Waals surface area contributed by atoms with Crippen molar-refractivity contribution in [1.29, 1.82) is 0 Å². The zero-order valence-corrected chi connectivity index (χ0v) is 19.5. The second-order valence-electron chi connectivity index (χ2n) is 8.27. The minimum atomic E-state index is -0.407. The Morgan fingerprint density at radius 3 is 2.71 bits per heavy atom. The van der Waals surface area contributed by atoms with Crippen LogP contribution in [0.15, 0.2) is 53.7 Å². The SMILES string of the molecule is C=C(C)N=CN(C)c1cc(F)c(/C=C/c2nc3n(n2)CCCC3c2ccc(F)cc2)cc1OC. The van der Waals surface area contributed by atoms with Gasteiger partial charge >= 0.3 is 0 Å². The van der Waals surface area contributed by atoms with E-state index in [1.807, 2.05) is 4.68 Å². The Labute approximate surface area is 197 Å². The molecule has 1 unspecified atom stereocenters. The first-order valence-corrected chi connectivity index (χ1v) is 11.0. The normalized spacial score (nSPS) is 15.6. The Kier molecular flexibility index (Phi) is 6.86. The number of allylic oxidation sites excluding steroid dienone is 1. The molecule has 0 aliphatic carbocycles. The number of hydrogen-bond donors (Lipinski definition) is 0. The molecule has 8 heteroatoms. The van der Waals surface area contributed by atoms with Gasteiger partial charge in [0.25, 0.3) is 0 Å². The summed E-state index contributed by atoms with van der Waals surface area (Å²) in [6, 6.07) is 9.55. The van der Waals surface area contributed by atoms with E-state index < -0.39 is 5.82 Å². The van der Waals surface area contributed by atoms with Gasteiger partial charge in [0.15, 0.2) is 5.82 Å². The van der Waals surface area contributed by atoms with E-state index >= 15 is 0 Å². The predicted octanol–water partition coefficient (Wildman–Crippen LogP) is 5.66. The van der Waals surface area contributed by atoms with Gasteiger partial charge in [-0.15, -0.1) is 0 Å². The number of hydrogen-bond acceptors (Lipinski definition) is 4. The number of aromatic nitrogens is 3. The van der Waals surface area contributed by atoms with E-state index in [4.69, 9.17) is 4.74 Å². The third-order valence-corrected chi connectivity index (χ3v) is 5.70. The highest BCUT2D eigenvalue weighted by atomic mass is 19.1. The quantitative estimate of drug-likeness (QED) is 0.335. The highest BCUT2D eigenvalue weighted by Gasteiger charge is 2.25. The third-order valence-electron chi connectivity index (χ3n) is 5.70. The van der Waals surface area contributed by atoms with Crippen molar-refractivity contribution in [3.05, 3.63) is 83.1 Å². The molecule has 2 heterocycles. The lowest BCUT2D eigenvalue weighted by Crippen LogP contribution is -2.17. The topological polar surface area (TPSA) is 55.5 Å².